The van der Waals surface area contributed by atoms with E-state index < -0.39 is 23.3 Å². The number of nitrogens with zero attached hydrogens (tertiary/aromatic N) is 5. The van der Waals surface area contributed by atoms with Crippen LogP contribution in [0.5, 0.6) is 0 Å². The van der Waals surface area contributed by atoms with E-state index in [1.807, 2.05) is 12.1 Å². The van der Waals surface area contributed by atoms with E-state index in [2.05, 4.69) is 27.7 Å². The molecule has 37 heavy (non-hydrogen) atoms. The molecule has 2 atom stereocenters. The number of carbonyl (C=O) groups excluding carboxylic acids is 1. The van der Waals surface area contributed by atoms with Crippen molar-refractivity contribution >= 4 is 29.2 Å². The zero-order valence-electron chi connectivity index (χ0n) is 21.1. The molecule has 3 heterocycles. The van der Waals surface area contributed by atoms with E-state index >= 15 is 0 Å². The Morgan fingerprint density at radius 3 is 2.89 bits per heavy atom. The third-order valence-corrected chi connectivity index (χ3v) is 7.45. The molecule has 1 spiro atoms. The summed E-state index contributed by atoms with van der Waals surface area (Å²) in [6.07, 6.45) is 3.22. The van der Waals surface area contributed by atoms with Crippen molar-refractivity contribution in [2.24, 2.45) is 5.41 Å². The molecule has 2 aromatic heterocycles. The van der Waals surface area contributed by atoms with Gasteiger partial charge in [-0.25, -0.2) is 19.5 Å². The Hall–Kier alpha value is -4.07. The smallest absolute Gasteiger partial charge is 0.450 e. The minimum absolute atomic E-state index is 0.0974. The van der Waals surface area contributed by atoms with Crippen LogP contribution in [0.4, 0.5) is 15.5 Å². The maximum atomic E-state index is 13.0. The molecule has 1 saturated carbocycles. The normalized spacial score (nSPS) is 23.8. The van der Waals surface area contributed by atoms with Gasteiger partial charge >= 0.3 is 12.2 Å². The lowest BCUT2D eigenvalue weighted by Gasteiger charge is -2.43. The molecule has 1 amide bonds. The first kappa shape index (κ1) is 24.6. The number of fused-ring (bicyclic) bond motifs is 1. The highest BCUT2D eigenvalue weighted by molar-refractivity contribution is 5.88. The molecule has 1 aliphatic carbocycles. The van der Waals surface area contributed by atoms with Crippen LogP contribution in [-0.4, -0.2) is 50.8 Å². The molecular weight excluding hydrogens is 478 g/mol. The summed E-state index contributed by atoms with van der Waals surface area (Å²) in [5, 5.41) is 22.2. The maximum absolute atomic E-state index is 13.0. The van der Waals surface area contributed by atoms with Gasteiger partial charge in [0.15, 0.2) is 0 Å². The lowest BCUT2D eigenvalue weighted by atomic mass is 9.68. The van der Waals surface area contributed by atoms with Crippen molar-refractivity contribution in [3.63, 3.8) is 0 Å². The molecule has 1 aromatic carbocycles. The van der Waals surface area contributed by atoms with Crippen LogP contribution in [0.25, 0.3) is 11.0 Å². The number of ether oxygens (including phenoxy) is 2. The quantitative estimate of drug-likeness (QED) is 0.463. The van der Waals surface area contributed by atoms with E-state index in [0.717, 1.165) is 30.3 Å². The third-order valence-electron chi connectivity index (χ3n) is 7.45. The number of nitriles is 1. The van der Waals surface area contributed by atoms with Crippen LogP contribution in [0, 0.1) is 16.7 Å². The topological polar surface area (TPSA) is 144 Å². The van der Waals surface area contributed by atoms with Crippen LogP contribution >= 0.6 is 0 Å². The van der Waals surface area contributed by atoms with Gasteiger partial charge in [-0.05, 0) is 49.3 Å². The van der Waals surface area contributed by atoms with Crippen molar-refractivity contribution in [3.8, 4) is 6.07 Å². The molecule has 11 nitrogen and oxygen atoms in total. The fraction of sp³-hybridized carbons (Fsp3) is 0.500. The summed E-state index contributed by atoms with van der Waals surface area (Å²) in [7, 11) is 0. The Bertz CT molecular complexity index is 1400. The molecule has 3 aromatic rings. The van der Waals surface area contributed by atoms with Gasteiger partial charge in [-0.1, -0.05) is 25.9 Å². The number of carbonyl (C=O) groups is 2. The van der Waals surface area contributed by atoms with E-state index in [1.165, 1.54) is 4.90 Å². The van der Waals surface area contributed by atoms with Crippen molar-refractivity contribution in [3.05, 3.63) is 41.9 Å². The fourth-order valence-electron chi connectivity index (χ4n) is 5.63. The first-order valence-electron chi connectivity index (χ1n) is 12.2. The van der Waals surface area contributed by atoms with Crippen molar-refractivity contribution in [1.29, 1.82) is 5.26 Å². The zero-order chi connectivity index (χ0) is 26.4. The fourth-order valence-corrected chi connectivity index (χ4v) is 5.63. The Morgan fingerprint density at radius 1 is 1.32 bits per heavy atom. The molecule has 1 aliphatic heterocycles. The third kappa shape index (κ3) is 4.71. The lowest BCUT2D eigenvalue weighted by Crippen LogP contribution is -2.45. The van der Waals surface area contributed by atoms with Crippen molar-refractivity contribution in [1.82, 2.24) is 14.7 Å². The number of hydrogen-bond acceptors (Lipinski definition) is 8. The molecule has 0 radical (unpaired) electrons. The number of benzene rings is 1. The maximum Gasteiger partial charge on any atom is 0.505 e. The molecule has 1 N–H and O–H groups in total. The second kappa shape index (κ2) is 8.80. The predicted molar refractivity (Wildman–Crippen MR) is 131 cm³/mol. The number of aromatic nitrogens is 3. The molecule has 11 heteroatoms. The Morgan fingerprint density at radius 2 is 2.14 bits per heavy atom. The molecule has 0 bridgehead atoms. The van der Waals surface area contributed by atoms with Crippen molar-refractivity contribution < 1.29 is 28.7 Å². The Kier molecular flexibility index (Phi) is 5.85. The Labute approximate surface area is 213 Å². The second-order valence-corrected chi connectivity index (χ2v) is 11.2. The lowest BCUT2D eigenvalue weighted by molar-refractivity contribution is -0.0264. The highest BCUT2D eigenvalue weighted by Crippen LogP contribution is 2.48. The number of rotatable bonds is 6. The van der Waals surface area contributed by atoms with Gasteiger partial charge in [-0.3, -0.25) is 0 Å². The molecule has 1 saturated heterocycles. The molecule has 194 valence electrons. The standard InChI is InChI=1S/C26H29N5O6/c1-24(2,15-35-23(33)34)20-10-21(37-29-20)31-14-26(36-22(31)32)8-4-7-25(3,12-26)13-30-16-28-18-6-5-17(11-27)9-19(18)30/h5-6,9-10,16H,4,7-8,12-15H2,1-3H3,(H,33,34)/t25?,26-/m0/s1. The summed E-state index contributed by atoms with van der Waals surface area (Å²) < 4.78 is 18.3. The average molecular weight is 508 g/mol. The molecule has 2 aliphatic rings. The van der Waals surface area contributed by atoms with E-state index in [1.54, 1.807) is 32.3 Å². The number of imidazole rings is 1. The summed E-state index contributed by atoms with van der Waals surface area (Å²) in [6, 6.07) is 9.29. The van der Waals surface area contributed by atoms with E-state index in [9.17, 15) is 14.9 Å². The van der Waals surface area contributed by atoms with Gasteiger partial charge in [0.1, 0.15) is 12.2 Å². The van der Waals surface area contributed by atoms with Gasteiger partial charge in [0, 0.05) is 18.0 Å². The average Bonchev–Trinajstić information content (AvgIpc) is 3.55. The van der Waals surface area contributed by atoms with E-state index in [4.69, 9.17) is 19.1 Å². The minimum atomic E-state index is -1.36. The largest absolute Gasteiger partial charge is 0.505 e. The summed E-state index contributed by atoms with van der Waals surface area (Å²) in [5.74, 6) is 0.261. The van der Waals surface area contributed by atoms with E-state index in [-0.39, 0.29) is 17.9 Å². The first-order valence-corrected chi connectivity index (χ1v) is 12.2. The van der Waals surface area contributed by atoms with Crippen LogP contribution in [-0.2, 0) is 21.4 Å². The SMILES string of the molecule is CC1(Cn2cnc3ccc(C#N)cc32)CCC[C@@]2(CN(c3cc(C(C)(C)COC(=O)O)no3)C(=O)O2)C1. The minimum Gasteiger partial charge on any atom is -0.450 e. The van der Waals surface area contributed by atoms with Crippen LogP contribution in [0.1, 0.15) is 57.7 Å². The molecular formula is C26H29N5O6. The number of amides is 1. The van der Waals surface area contributed by atoms with Crippen LogP contribution in [0.2, 0.25) is 0 Å². The van der Waals surface area contributed by atoms with Gasteiger partial charge < -0.3 is 23.7 Å². The van der Waals surface area contributed by atoms with Gasteiger partial charge in [0.2, 0.25) is 5.88 Å². The summed E-state index contributed by atoms with van der Waals surface area (Å²) in [6.45, 7) is 6.69. The van der Waals surface area contributed by atoms with Gasteiger partial charge in [-0.15, -0.1) is 0 Å². The molecule has 2 fully saturated rings. The van der Waals surface area contributed by atoms with Crippen molar-refractivity contribution in [2.45, 2.75) is 64.0 Å². The molecule has 5 rings (SSSR count). The van der Waals surface area contributed by atoms with Crippen LogP contribution in [0.3, 0.4) is 0 Å². The van der Waals surface area contributed by atoms with Gasteiger partial charge in [0.25, 0.3) is 0 Å². The van der Waals surface area contributed by atoms with Crippen LogP contribution in [0.15, 0.2) is 35.1 Å². The number of carboxylic acid groups (broad SMARTS) is 1. The first-order chi connectivity index (χ1) is 17.5. The molecule has 1 unspecified atom stereocenters. The Balaban J connectivity index is 1.33. The number of hydrogen-bond donors (Lipinski definition) is 1. The van der Waals surface area contributed by atoms with Crippen molar-refractivity contribution in [2.75, 3.05) is 18.1 Å². The van der Waals surface area contributed by atoms with E-state index in [0.29, 0.717) is 30.8 Å². The van der Waals surface area contributed by atoms with Crippen LogP contribution < -0.4 is 4.90 Å². The highest BCUT2D eigenvalue weighted by Gasteiger charge is 2.52. The van der Waals surface area contributed by atoms with Gasteiger partial charge in [-0.2, -0.15) is 5.26 Å². The number of anilines is 1. The second-order valence-electron chi connectivity index (χ2n) is 11.2. The van der Waals surface area contributed by atoms with Gasteiger partial charge in [0.05, 0.1) is 41.2 Å². The highest BCUT2D eigenvalue weighted by atomic mass is 16.7. The zero-order valence-corrected chi connectivity index (χ0v) is 21.1. The monoisotopic (exact) mass is 507 g/mol. The summed E-state index contributed by atoms with van der Waals surface area (Å²) >= 11 is 0. The predicted octanol–water partition coefficient (Wildman–Crippen LogP) is 4.84. The summed E-state index contributed by atoms with van der Waals surface area (Å²) in [5.41, 5.74) is 1.27. The summed E-state index contributed by atoms with van der Waals surface area (Å²) in [4.78, 5) is 29.7.